The molecule has 4 rings (SSSR count). The maximum Gasteiger partial charge on any atom is 0.316 e. The van der Waals surface area contributed by atoms with Crippen LogP contribution in [0.15, 0.2) is 54.6 Å². The Morgan fingerprint density at radius 2 is 1.77 bits per heavy atom. The van der Waals surface area contributed by atoms with Crippen molar-refractivity contribution in [2.75, 3.05) is 31.1 Å². The van der Waals surface area contributed by atoms with Crippen molar-refractivity contribution < 1.29 is 19.1 Å². The van der Waals surface area contributed by atoms with Gasteiger partial charge in [-0.05, 0) is 42.7 Å². The molecule has 2 aromatic rings. The lowest BCUT2D eigenvalue weighted by atomic mass is 10.1. The first-order valence-electron chi connectivity index (χ1n) is 10.3. The summed E-state index contributed by atoms with van der Waals surface area (Å²) in [6.45, 7) is 2.53. The van der Waals surface area contributed by atoms with E-state index in [0.717, 1.165) is 30.7 Å². The standard InChI is InChI=1S/C23H25N3O4/c27-21(24-15-20-7-4-14-30-20)18-10-8-17(9-11-18)16-25-12-13-26(23(29)22(25)28)19-5-2-1-3-6-19/h1-3,5-6,8-11,20H,4,7,12-16H2,(H,24,27)/t20-/m0/s1. The van der Waals surface area contributed by atoms with Crippen molar-refractivity contribution in [3.8, 4) is 0 Å². The number of ether oxygens (including phenoxy) is 1. The number of rotatable bonds is 6. The number of nitrogens with one attached hydrogen (secondary N) is 1. The molecule has 0 bridgehead atoms. The number of hydrogen-bond acceptors (Lipinski definition) is 4. The maximum absolute atomic E-state index is 12.6. The Hall–Kier alpha value is -3.19. The van der Waals surface area contributed by atoms with Crippen LogP contribution in [0.1, 0.15) is 28.8 Å². The average molecular weight is 407 g/mol. The molecule has 7 nitrogen and oxygen atoms in total. The molecular weight excluding hydrogens is 382 g/mol. The second-order valence-corrected chi connectivity index (χ2v) is 7.56. The zero-order valence-corrected chi connectivity index (χ0v) is 16.8. The van der Waals surface area contributed by atoms with E-state index in [2.05, 4.69) is 5.32 Å². The lowest BCUT2D eigenvalue weighted by Crippen LogP contribution is -2.54. The molecule has 0 saturated carbocycles. The molecule has 0 aromatic heterocycles. The molecule has 3 amide bonds. The van der Waals surface area contributed by atoms with Crippen molar-refractivity contribution in [3.05, 3.63) is 65.7 Å². The number of carbonyl (C=O) groups excluding carboxylic acids is 3. The van der Waals surface area contributed by atoms with Crippen LogP contribution in [0.4, 0.5) is 5.69 Å². The minimum atomic E-state index is -0.516. The summed E-state index contributed by atoms with van der Waals surface area (Å²) in [4.78, 5) is 40.4. The highest BCUT2D eigenvalue weighted by Gasteiger charge is 2.33. The van der Waals surface area contributed by atoms with Gasteiger partial charge in [0, 0.05) is 44.0 Å². The van der Waals surface area contributed by atoms with E-state index in [0.29, 0.717) is 31.7 Å². The van der Waals surface area contributed by atoms with Crippen LogP contribution >= 0.6 is 0 Å². The predicted molar refractivity (Wildman–Crippen MR) is 112 cm³/mol. The van der Waals surface area contributed by atoms with Gasteiger partial charge in [0.25, 0.3) is 5.91 Å². The summed E-state index contributed by atoms with van der Waals surface area (Å²) < 4.78 is 5.51. The fourth-order valence-corrected chi connectivity index (χ4v) is 3.78. The van der Waals surface area contributed by atoms with Gasteiger partial charge in [0.1, 0.15) is 0 Å². The van der Waals surface area contributed by atoms with Gasteiger partial charge in [-0.1, -0.05) is 30.3 Å². The molecule has 2 aromatic carbocycles. The molecule has 2 fully saturated rings. The fraction of sp³-hybridized carbons (Fsp3) is 0.348. The van der Waals surface area contributed by atoms with E-state index in [4.69, 9.17) is 4.74 Å². The summed E-state index contributed by atoms with van der Waals surface area (Å²) in [6.07, 6.45) is 2.12. The molecular formula is C23H25N3O4. The number of para-hydroxylation sites is 1. The largest absolute Gasteiger partial charge is 0.376 e. The topological polar surface area (TPSA) is 79.0 Å². The summed E-state index contributed by atoms with van der Waals surface area (Å²) in [5, 5.41) is 2.90. The van der Waals surface area contributed by atoms with Crippen LogP contribution < -0.4 is 10.2 Å². The van der Waals surface area contributed by atoms with Crippen LogP contribution in [0.25, 0.3) is 0 Å². The molecule has 30 heavy (non-hydrogen) atoms. The van der Waals surface area contributed by atoms with Gasteiger partial charge in [0.05, 0.1) is 6.10 Å². The molecule has 2 aliphatic rings. The monoisotopic (exact) mass is 407 g/mol. The van der Waals surface area contributed by atoms with E-state index in [1.807, 2.05) is 42.5 Å². The summed E-state index contributed by atoms with van der Waals surface area (Å²) >= 11 is 0. The van der Waals surface area contributed by atoms with Crippen LogP contribution in [0.5, 0.6) is 0 Å². The highest BCUT2D eigenvalue weighted by molar-refractivity contribution is 6.40. The molecule has 0 radical (unpaired) electrons. The number of anilines is 1. The molecule has 0 aliphatic carbocycles. The van der Waals surface area contributed by atoms with Crippen molar-refractivity contribution in [1.82, 2.24) is 10.2 Å². The summed E-state index contributed by atoms with van der Waals surface area (Å²) in [7, 11) is 0. The van der Waals surface area contributed by atoms with E-state index in [9.17, 15) is 14.4 Å². The molecule has 0 spiro atoms. The molecule has 2 aliphatic heterocycles. The summed E-state index contributed by atoms with van der Waals surface area (Å²) in [5.41, 5.74) is 2.17. The van der Waals surface area contributed by atoms with E-state index in [1.54, 1.807) is 17.0 Å². The van der Waals surface area contributed by atoms with Gasteiger partial charge in [-0.3, -0.25) is 14.4 Å². The lowest BCUT2D eigenvalue weighted by molar-refractivity contribution is -0.146. The van der Waals surface area contributed by atoms with E-state index in [-0.39, 0.29) is 12.0 Å². The van der Waals surface area contributed by atoms with Gasteiger partial charge in [-0.2, -0.15) is 0 Å². The molecule has 0 unspecified atom stereocenters. The Morgan fingerprint density at radius 1 is 1.00 bits per heavy atom. The minimum absolute atomic E-state index is 0.103. The fourth-order valence-electron chi connectivity index (χ4n) is 3.78. The first-order valence-corrected chi connectivity index (χ1v) is 10.3. The van der Waals surface area contributed by atoms with Crippen molar-refractivity contribution in [2.45, 2.75) is 25.5 Å². The number of carbonyl (C=O) groups is 3. The van der Waals surface area contributed by atoms with Crippen LogP contribution in [-0.2, 0) is 20.9 Å². The third-order valence-corrected chi connectivity index (χ3v) is 5.48. The van der Waals surface area contributed by atoms with Gasteiger partial charge >= 0.3 is 11.8 Å². The number of nitrogens with zero attached hydrogens (tertiary/aromatic N) is 2. The van der Waals surface area contributed by atoms with Crippen LogP contribution in [0, 0.1) is 0 Å². The van der Waals surface area contributed by atoms with Gasteiger partial charge in [-0.15, -0.1) is 0 Å². The third-order valence-electron chi connectivity index (χ3n) is 5.48. The van der Waals surface area contributed by atoms with Crippen molar-refractivity contribution in [1.29, 1.82) is 0 Å². The summed E-state index contributed by atoms with van der Waals surface area (Å²) in [5.74, 6) is -1.17. The first kappa shape index (κ1) is 20.1. The van der Waals surface area contributed by atoms with Gasteiger partial charge in [-0.25, -0.2) is 0 Å². The SMILES string of the molecule is O=C(NC[C@@H]1CCCO1)c1ccc(CN2CCN(c3ccccc3)C(=O)C2=O)cc1. The predicted octanol–water partition coefficient (Wildman–Crippen LogP) is 1.97. The van der Waals surface area contributed by atoms with E-state index >= 15 is 0 Å². The second-order valence-electron chi connectivity index (χ2n) is 7.56. The molecule has 2 heterocycles. The van der Waals surface area contributed by atoms with Gasteiger partial charge in [0.15, 0.2) is 0 Å². The normalized spacial score (nSPS) is 19.3. The highest BCUT2D eigenvalue weighted by Crippen LogP contribution is 2.19. The Morgan fingerprint density at radius 3 is 2.47 bits per heavy atom. The quantitative estimate of drug-likeness (QED) is 0.743. The third kappa shape index (κ3) is 4.52. The molecule has 2 saturated heterocycles. The van der Waals surface area contributed by atoms with Crippen molar-refractivity contribution in [3.63, 3.8) is 0 Å². The Balaban J connectivity index is 1.32. The van der Waals surface area contributed by atoms with E-state index in [1.165, 1.54) is 4.90 Å². The smallest absolute Gasteiger partial charge is 0.316 e. The van der Waals surface area contributed by atoms with Crippen LogP contribution in [-0.4, -0.2) is 55.0 Å². The first-order chi connectivity index (χ1) is 14.6. The van der Waals surface area contributed by atoms with Gasteiger partial charge in [0.2, 0.25) is 0 Å². The summed E-state index contributed by atoms with van der Waals surface area (Å²) in [6, 6.07) is 16.3. The van der Waals surface area contributed by atoms with Crippen molar-refractivity contribution in [2.24, 2.45) is 0 Å². The Bertz CT molecular complexity index is 908. The zero-order chi connectivity index (χ0) is 20.9. The number of benzene rings is 2. The second kappa shape index (κ2) is 9.09. The van der Waals surface area contributed by atoms with Crippen molar-refractivity contribution >= 4 is 23.4 Å². The molecule has 7 heteroatoms. The van der Waals surface area contributed by atoms with Crippen LogP contribution in [0.2, 0.25) is 0 Å². The van der Waals surface area contributed by atoms with Crippen LogP contribution in [0.3, 0.4) is 0 Å². The number of amides is 3. The Kier molecular flexibility index (Phi) is 6.09. The molecule has 156 valence electrons. The highest BCUT2D eigenvalue weighted by atomic mass is 16.5. The molecule has 1 atom stereocenters. The van der Waals surface area contributed by atoms with E-state index < -0.39 is 11.8 Å². The number of hydrogen-bond donors (Lipinski definition) is 1. The van der Waals surface area contributed by atoms with Gasteiger partial charge < -0.3 is 19.9 Å². The minimum Gasteiger partial charge on any atom is -0.376 e. The maximum atomic E-state index is 12.6. The Labute approximate surface area is 175 Å². The zero-order valence-electron chi connectivity index (χ0n) is 16.8. The number of piperazine rings is 1. The average Bonchev–Trinajstić information content (AvgIpc) is 3.30. The lowest BCUT2D eigenvalue weighted by Gasteiger charge is -2.33. The molecule has 1 N–H and O–H groups in total.